The Balaban J connectivity index is 1.77. The van der Waals surface area contributed by atoms with Crippen LogP contribution in [0.1, 0.15) is 91.5 Å². The lowest BCUT2D eigenvalue weighted by molar-refractivity contribution is -0.144. The van der Waals surface area contributed by atoms with E-state index in [1.807, 2.05) is 12.1 Å². The predicted octanol–water partition coefficient (Wildman–Crippen LogP) is 5.88. The molecule has 8 atom stereocenters. The molecule has 390 valence electrons. The van der Waals surface area contributed by atoms with Crippen LogP contribution in [0.3, 0.4) is 0 Å². The molecule has 0 heterocycles. The van der Waals surface area contributed by atoms with Crippen LogP contribution in [0.5, 0.6) is 0 Å². The van der Waals surface area contributed by atoms with Crippen LogP contribution in [-0.4, -0.2) is 115 Å². The highest BCUT2D eigenvalue weighted by atomic mass is 16.6. The molecule has 0 saturated heterocycles. The Hall–Kier alpha value is -6.46. The second-order valence-electron chi connectivity index (χ2n) is 20.9. The first kappa shape index (κ1) is 58.1. The SMILES string of the molecule is CC(C)[C@@H](C(=O)N[C@@H](Cc1ccccc1)[C@@H](O)[C@H](O)[C@H](Cc1ccccc1)NC(=O)[C@H](C(C)C)N(C(=O)OC(C)(C)C)C(=O)[C@@H](N)Cc1ccccc1)N(C(=O)OC(C)(C)C)C(=O)[C@@H](N)Cc1ccccc1. The second kappa shape index (κ2) is 26.3. The summed E-state index contributed by atoms with van der Waals surface area (Å²) in [6.07, 6.45) is -5.93. The number of carbonyl (C=O) groups is 6. The number of ether oxygens (including phenoxy) is 2. The molecular formula is C56H76N6O10. The van der Waals surface area contributed by atoms with Gasteiger partial charge in [0.15, 0.2) is 0 Å². The molecule has 72 heavy (non-hydrogen) atoms. The fourth-order valence-electron chi connectivity index (χ4n) is 8.27. The molecule has 0 aromatic heterocycles. The molecule has 4 aromatic carbocycles. The standard InChI is InChI=1S/C56H76N6O10/c1-35(2)45(61(53(69)71-55(5,6)7)51(67)41(57)31-37-23-15-11-16-24-37)49(65)59-43(33-39-27-19-13-20-28-39)47(63)48(64)44(34-40-29-21-14-22-30-40)60-50(66)46(36(3)4)62(54(70)72-56(8,9)10)52(68)42(58)32-38-25-17-12-18-26-38/h11-30,35-36,41-48,63-64H,31-34,57-58H2,1-10H3,(H,59,65)(H,60,66)/t41-,42-,43-,44-,45-,46-,47+,48+/m0/s1. The number of benzene rings is 4. The molecule has 4 rings (SSSR count). The van der Waals surface area contributed by atoms with E-state index in [0.717, 1.165) is 20.9 Å². The van der Waals surface area contributed by atoms with Gasteiger partial charge in [-0.3, -0.25) is 19.2 Å². The number of rotatable bonds is 21. The van der Waals surface area contributed by atoms with Crippen molar-refractivity contribution in [3.63, 3.8) is 0 Å². The molecule has 0 radical (unpaired) electrons. The molecule has 4 aromatic rings. The van der Waals surface area contributed by atoms with Crippen molar-refractivity contribution in [1.29, 1.82) is 0 Å². The normalized spacial score (nSPS) is 15.2. The molecule has 0 fully saturated rings. The predicted molar refractivity (Wildman–Crippen MR) is 276 cm³/mol. The van der Waals surface area contributed by atoms with Gasteiger partial charge in [-0.15, -0.1) is 0 Å². The topological polar surface area (TPSA) is 244 Å². The minimum atomic E-state index is -1.85. The van der Waals surface area contributed by atoms with Gasteiger partial charge in [-0.2, -0.15) is 0 Å². The van der Waals surface area contributed by atoms with Crippen LogP contribution >= 0.6 is 0 Å². The maximum atomic E-state index is 14.9. The monoisotopic (exact) mass is 993 g/mol. The molecule has 16 heteroatoms. The van der Waals surface area contributed by atoms with Crippen molar-refractivity contribution < 1.29 is 48.5 Å². The highest BCUT2D eigenvalue weighted by molar-refractivity contribution is 6.01. The van der Waals surface area contributed by atoms with Gasteiger partial charge in [-0.05, 0) is 101 Å². The second-order valence-corrected chi connectivity index (χ2v) is 20.9. The average Bonchev–Trinajstić information content (AvgIpc) is 3.30. The van der Waals surface area contributed by atoms with Crippen molar-refractivity contribution in [1.82, 2.24) is 20.4 Å². The van der Waals surface area contributed by atoms with Gasteiger partial charge in [-0.1, -0.05) is 149 Å². The number of nitrogens with zero attached hydrogens (tertiary/aromatic N) is 2. The van der Waals surface area contributed by atoms with E-state index >= 15 is 0 Å². The molecule has 0 bridgehead atoms. The lowest BCUT2D eigenvalue weighted by Gasteiger charge is -2.38. The number of nitrogens with one attached hydrogen (secondary N) is 2. The molecule has 0 aliphatic heterocycles. The van der Waals surface area contributed by atoms with E-state index in [2.05, 4.69) is 10.6 Å². The maximum Gasteiger partial charge on any atom is 0.417 e. The Morgan fingerprint density at radius 2 is 0.722 bits per heavy atom. The third-order valence-corrected chi connectivity index (χ3v) is 11.7. The van der Waals surface area contributed by atoms with Gasteiger partial charge in [0, 0.05) is 0 Å². The zero-order valence-corrected chi connectivity index (χ0v) is 43.4. The van der Waals surface area contributed by atoms with Gasteiger partial charge in [0.1, 0.15) is 35.5 Å². The van der Waals surface area contributed by atoms with E-state index in [1.54, 1.807) is 178 Å². The van der Waals surface area contributed by atoms with Crippen LogP contribution < -0.4 is 22.1 Å². The molecule has 6 amide bonds. The van der Waals surface area contributed by atoms with Crippen LogP contribution in [0.2, 0.25) is 0 Å². The lowest BCUT2D eigenvalue weighted by Crippen LogP contribution is -2.64. The van der Waals surface area contributed by atoms with E-state index in [4.69, 9.17) is 20.9 Å². The Morgan fingerprint density at radius 1 is 0.472 bits per heavy atom. The molecular weight excluding hydrogens is 917 g/mol. The number of hydrogen-bond donors (Lipinski definition) is 6. The quantitative estimate of drug-likeness (QED) is 0.0574. The number of amides is 6. The molecule has 0 unspecified atom stereocenters. The number of carbonyl (C=O) groups excluding carboxylic acids is 6. The summed E-state index contributed by atoms with van der Waals surface area (Å²) >= 11 is 0. The average molecular weight is 993 g/mol. The Bertz CT molecular complexity index is 2210. The van der Waals surface area contributed by atoms with Crippen molar-refractivity contribution in [3.05, 3.63) is 144 Å². The van der Waals surface area contributed by atoms with Crippen LogP contribution in [0, 0.1) is 11.8 Å². The van der Waals surface area contributed by atoms with Crippen molar-refractivity contribution in [3.8, 4) is 0 Å². The first-order valence-electron chi connectivity index (χ1n) is 24.5. The molecule has 8 N–H and O–H groups in total. The Labute approximate surface area is 424 Å². The third-order valence-electron chi connectivity index (χ3n) is 11.7. The van der Waals surface area contributed by atoms with Crippen molar-refractivity contribution in [2.75, 3.05) is 0 Å². The minimum Gasteiger partial charge on any atom is -0.443 e. The first-order valence-corrected chi connectivity index (χ1v) is 24.5. The van der Waals surface area contributed by atoms with Crippen molar-refractivity contribution >= 4 is 35.8 Å². The first-order chi connectivity index (χ1) is 33.8. The molecule has 0 aliphatic carbocycles. The van der Waals surface area contributed by atoms with E-state index < -0.39 is 107 Å². The van der Waals surface area contributed by atoms with E-state index in [-0.39, 0.29) is 25.7 Å². The summed E-state index contributed by atoms with van der Waals surface area (Å²) in [4.78, 5) is 88.1. The van der Waals surface area contributed by atoms with Crippen molar-refractivity contribution in [2.24, 2.45) is 23.3 Å². The third kappa shape index (κ3) is 17.4. The maximum absolute atomic E-state index is 14.9. The Kier molecular flexibility index (Phi) is 21.2. The summed E-state index contributed by atoms with van der Waals surface area (Å²) in [7, 11) is 0. The number of aliphatic hydroxyl groups excluding tert-OH is 2. The minimum absolute atomic E-state index is 0.0450. The zero-order chi connectivity index (χ0) is 53.5. The van der Waals surface area contributed by atoms with Gasteiger partial charge in [0.05, 0.1) is 24.2 Å². The molecule has 0 aliphatic rings. The Morgan fingerprint density at radius 3 is 0.958 bits per heavy atom. The van der Waals surface area contributed by atoms with Crippen LogP contribution in [0.15, 0.2) is 121 Å². The summed E-state index contributed by atoms with van der Waals surface area (Å²) in [5, 5.41) is 30.6. The summed E-state index contributed by atoms with van der Waals surface area (Å²) in [6, 6.07) is 27.4. The number of hydrogen-bond acceptors (Lipinski definition) is 12. The van der Waals surface area contributed by atoms with Crippen molar-refractivity contribution in [2.45, 2.75) is 155 Å². The number of aliphatic hydroxyl groups is 2. The fraction of sp³-hybridized carbons (Fsp3) is 0.464. The van der Waals surface area contributed by atoms with Gasteiger partial charge >= 0.3 is 12.2 Å². The summed E-state index contributed by atoms with van der Waals surface area (Å²) in [6.45, 7) is 16.3. The van der Waals surface area contributed by atoms with E-state index in [1.165, 1.54) is 0 Å². The fourth-order valence-corrected chi connectivity index (χ4v) is 8.27. The highest BCUT2D eigenvalue weighted by Crippen LogP contribution is 2.24. The van der Waals surface area contributed by atoms with E-state index in [0.29, 0.717) is 11.1 Å². The summed E-state index contributed by atoms with van der Waals surface area (Å²) in [5.74, 6) is -4.89. The summed E-state index contributed by atoms with van der Waals surface area (Å²) in [5.41, 5.74) is 13.6. The molecule has 0 spiro atoms. The zero-order valence-electron chi connectivity index (χ0n) is 43.4. The van der Waals surface area contributed by atoms with Gasteiger partial charge in [0.25, 0.3) is 0 Å². The van der Waals surface area contributed by atoms with Gasteiger partial charge < -0.3 is 41.8 Å². The number of imide groups is 2. The van der Waals surface area contributed by atoms with Crippen LogP contribution in [0.4, 0.5) is 9.59 Å². The molecule has 16 nitrogen and oxygen atoms in total. The highest BCUT2D eigenvalue weighted by Gasteiger charge is 2.45. The lowest BCUT2D eigenvalue weighted by atomic mass is 9.90. The van der Waals surface area contributed by atoms with Crippen LogP contribution in [0.25, 0.3) is 0 Å². The molecule has 0 saturated carbocycles. The smallest absolute Gasteiger partial charge is 0.417 e. The van der Waals surface area contributed by atoms with Gasteiger partial charge in [-0.25, -0.2) is 19.4 Å². The largest absolute Gasteiger partial charge is 0.443 e. The number of nitrogens with two attached hydrogens (primary N) is 2. The summed E-state index contributed by atoms with van der Waals surface area (Å²) < 4.78 is 11.4. The van der Waals surface area contributed by atoms with Gasteiger partial charge in [0.2, 0.25) is 23.6 Å². The van der Waals surface area contributed by atoms with E-state index in [9.17, 15) is 39.0 Å². The van der Waals surface area contributed by atoms with Crippen LogP contribution in [-0.2, 0) is 54.3 Å².